The van der Waals surface area contributed by atoms with Gasteiger partial charge in [0.25, 0.3) is 0 Å². The second-order valence-corrected chi connectivity index (χ2v) is 9.37. The number of nitrogens with one attached hydrogen (secondary N) is 1. The van der Waals surface area contributed by atoms with Crippen molar-refractivity contribution < 1.29 is 14.3 Å². The molecule has 1 unspecified atom stereocenters. The Morgan fingerprint density at radius 2 is 1.53 bits per heavy atom. The van der Waals surface area contributed by atoms with Crippen LogP contribution < -0.4 is 14.8 Å². The molecule has 36 heavy (non-hydrogen) atoms. The van der Waals surface area contributed by atoms with E-state index in [0.717, 1.165) is 22.6 Å². The van der Waals surface area contributed by atoms with E-state index in [1.165, 1.54) is 11.8 Å². The molecule has 1 heterocycles. The minimum absolute atomic E-state index is 0.154. The molecule has 0 spiro atoms. The van der Waals surface area contributed by atoms with Crippen LogP contribution in [0.5, 0.6) is 11.5 Å². The Hall–Kier alpha value is -3.62. The molecule has 1 N–H and O–H groups in total. The number of rotatable bonds is 9. The number of benzene rings is 3. The van der Waals surface area contributed by atoms with Gasteiger partial charge in [-0.3, -0.25) is 4.79 Å². The van der Waals surface area contributed by atoms with E-state index in [-0.39, 0.29) is 5.91 Å². The highest BCUT2D eigenvalue weighted by Gasteiger charge is 2.22. The Kier molecular flexibility index (Phi) is 8.40. The number of ether oxygens (including phenoxy) is 2. The van der Waals surface area contributed by atoms with Gasteiger partial charge in [-0.1, -0.05) is 36.4 Å². The Balaban J connectivity index is 1.65. The van der Waals surface area contributed by atoms with Gasteiger partial charge >= 0.3 is 0 Å². The first-order valence-corrected chi connectivity index (χ1v) is 12.5. The molecule has 0 bridgehead atoms. The fourth-order valence-electron chi connectivity index (χ4n) is 3.49. The van der Waals surface area contributed by atoms with Crippen LogP contribution in [0.15, 0.2) is 78.0 Å². The number of amides is 1. The van der Waals surface area contributed by atoms with Crippen LogP contribution in [-0.4, -0.2) is 40.6 Å². The summed E-state index contributed by atoms with van der Waals surface area (Å²) in [5, 5.41) is 12.3. The van der Waals surface area contributed by atoms with Crippen LogP contribution in [0.2, 0.25) is 5.02 Å². The van der Waals surface area contributed by atoms with Crippen molar-refractivity contribution in [1.29, 1.82) is 0 Å². The molecule has 0 radical (unpaired) electrons. The summed E-state index contributed by atoms with van der Waals surface area (Å²) < 4.78 is 10.6. The number of hydrogen-bond donors (Lipinski definition) is 1. The van der Waals surface area contributed by atoms with E-state index < -0.39 is 5.25 Å². The molecule has 0 aliphatic heterocycles. The zero-order valence-electron chi connectivity index (χ0n) is 20.1. The largest absolute Gasteiger partial charge is 0.497 e. The highest BCUT2D eigenvalue weighted by atomic mass is 35.5. The van der Waals surface area contributed by atoms with Crippen LogP contribution >= 0.6 is 23.4 Å². The number of hydrogen-bond acceptors (Lipinski definition) is 7. The van der Waals surface area contributed by atoms with Crippen molar-refractivity contribution in [3.05, 3.63) is 77.8 Å². The lowest BCUT2D eigenvalue weighted by Gasteiger charge is -2.15. The van der Waals surface area contributed by atoms with Crippen LogP contribution in [0.1, 0.15) is 13.3 Å². The van der Waals surface area contributed by atoms with E-state index >= 15 is 0 Å². The predicted octanol–water partition coefficient (Wildman–Crippen LogP) is 6.39. The molecule has 4 aromatic rings. The molecular formula is C27H25ClN4O3S. The number of methoxy groups -OCH3 is 2. The zero-order valence-corrected chi connectivity index (χ0v) is 21.6. The van der Waals surface area contributed by atoms with E-state index in [0.29, 0.717) is 33.7 Å². The molecule has 0 fully saturated rings. The summed E-state index contributed by atoms with van der Waals surface area (Å²) in [6.07, 6.45) is 0.582. The number of thioether (sulfide) groups is 1. The summed E-state index contributed by atoms with van der Waals surface area (Å²) in [4.78, 5) is 17.8. The van der Waals surface area contributed by atoms with Crippen LogP contribution in [-0.2, 0) is 4.79 Å². The smallest absolute Gasteiger partial charge is 0.237 e. The molecule has 4 rings (SSSR count). The van der Waals surface area contributed by atoms with Crippen LogP contribution in [0.3, 0.4) is 0 Å². The first-order chi connectivity index (χ1) is 17.5. The maximum Gasteiger partial charge on any atom is 0.237 e. The molecule has 0 saturated heterocycles. The van der Waals surface area contributed by atoms with Gasteiger partial charge in [0.1, 0.15) is 22.9 Å². The van der Waals surface area contributed by atoms with Crippen molar-refractivity contribution in [3.8, 4) is 34.0 Å². The predicted molar refractivity (Wildman–Crippen MR) is 144 cm³/mol. The number of carbonyl (C=O) groups excluding carboxylic acids is 1. The summed E-state index contributed by atoms with van der Waals surface area (Å²) in [5.41, 5.74) is 3.63. The van der Waals surface area contributed by atoms with Crippen molar-refractivity contribution in [2.24, 2.45) is 0 Å². The number of nitrogens with zero attached hydrogens (tertiary/aromatic N) is 3. The van der Waals surface area contributed by atoms with Crippen LogP contribution in [0, 0.1) is 0 Å². The lowest BCUT2D eigenvalue weighted by atomic mass is 10.0. The van der Waals surface area contributed by atoms with Crippen molar-refractivity contribution >= 4 is 35.0 Å². The second kappa shape index (κ2) is 11.9. The van der Waals surface area contributed by atoms with Crippen molar-refractivity contribution in [1.82, 2.24) is 15.2 Å². The van der Waals surface area contributed by atoms with Gasteiger partial charge in [0, 0.05) is 21.8 Å². The normalized spacial score (nSPS) is 11.6. The molecule has 3 aromatic carbocycles. The standard InChI is InChI=1S/C27H25ClN4O3S/c1-4-23(26(33)29-20-7-5-6-19(28)16-20)36-27-30-24(17-8-12-21(34-2)13-9-17)25(31-32-27)18-10-14-22(35-3)15-11-18/h5-16,23H,4H2,1-3H3,(H,29,33). The van der Waals surface area contributed by atoms with E-state index in [4.69, 9.17) is 26.1 Å². The average molecular weight is 521 g/mol. The molecule has 184 valence electrons. The van der Waals surface area contributed by atoms with Gasteiger partial charge in [-0.2, -0.15) is 0 Å². The minimum atomic E-state index is -0.415. The third-order valence-corrected chi connectivity index (χ3v) is 6.85. The SMILES string of the molecule is CCC(Sc1nnc(-c2ccc(OC)cc2)c(-c2ccc(OC)cc2)n1)C(=O)Nc1cccc(Cl)c1. The molecule has 7 nitrogen and oxygen atoms in total. The van der Waals surface area contributed by atoms with E-state index in [2.05, 4.69) is 15.5 Å². The molecule has 0 aliphatic carbocycles. The zero-order chi connectivity index (χ0) is 25.5. The fraction of sp³-hybridized carbons (Fsp3) is 0.185. The quantitative estimate of drug-likeness (QED) is 0.256. The highest BCUT2D eigenvalue weighted by Crippen LogP contribution is 2.33. The average Bonchev–Trinajstić information content (AvgIpc) is 2.91. The van der Waals surface area contributed by atoms with Crippen molar-refractivity contribution in [2.75, 3.05) is 19.5 Å². The second-order valence-electron chi connectivity index (χ2n) is 7.76. The third-order valence-electron chi connectivity index (χ3n) is 5.40. The van der Waals surface area contributed by atoms with Crippen LogP contribution in [0.25, 0.3) is 22.5 Å². The Labute approximate surface area is 219 Å². The molecule has 1 atom stereocenters. The maximum absolute atomic E-state index is 13.0. The molecule has 0 saturated carbocycles. The van der Waals surface area contributed by atoms with Crippen LogP contribution in [0.4, 0.5) is 5.69 Å². The topological polar surface area (TPSA) is 86.2 Å². The highest BCUT2D eigenvalue weighted by molar-refractivity contribution is 8.00. The molecule has 1 aromatic heterocycles. The van der Waals surface area contributed by atoms with Gasteiger partial charge in [-0.05, 0) is 73.2 Å². The Bertz CT molecular complexity index is 1330. The Morgan fingerprint density at radius 1 is 0.917 bits per heavy atom. The first kappa shape index (κ1) is 25.5. The summed E-state index contributed by atoms with van der Waals surface area (Å²) in [5.74, 6) is 1.33. The van der Waals surface area contributed by atoms with Gasteiger partial charge in [0.05, 0.1) is 19.5 Å². The first-order valence-electron chi connectivity index (χ1n) is 11.3. The minimum Gasteiger partial charge on any atom is -0.497 e. The molecular weight excluding hydrogens is 496 g/mol. The van der Waals surface area contributed by atoms with Gasteiger partial charge in [0.15, 0.2) is 0 Å². The fourth-order valence-corrected chi connectivity index (χ4v) is 4.50. The number of anilines is 1. The number of carbonyl (C=O) groups is 1. The van der Waals surface area contributed by atoms with E-state index in [1.807, 2.05) is 55.5 Å². The van der Waals surface area contributed by atoms with Crippen molar-refractivity contribution in [3.63, 3.8) is 0 Å². The maximum atomic E-state index is 13.0. The number of aromatic nitrogens is 3. The lowest BCUT2D eigenvalue weighted by Crippen LogP contribution is -2.25. The van der Waals surface area contributed by atoms with Gasteiger partial charge < -0.3 is 14.8 Å². The summed E-state index contributed by atoms with van der Waals surface area (Å²) in [6.45, 7) is 1.94. The summed E-state index contributed by atoms with van der Waals surface area (Å²) in [7, 11) is 3.25. The summed E-state index contributed by atoms with van der Waals surface area (Å²) in [6, 6.07) is 22.2. The van der Waals surface area contributed by atoms with E-state index in [1.54, 1.807) is 38.5 Å². The molecule has 9 heteroatoms. The lowest BCUT2D eigenvalue weighted by molar-refractivity contribution is -0.115. The van der Waals surface area contributed by atoms with Gasteiger partial charge in [-0.25, -0.2) is 4.98 Å². The Morgan fingerprint density at radius 3 is 2.08 bits per heavy atom. The molecule has 0 aliphatic rings. The monoisotopic (exact) mass is 520 g/mol. The van der Waals surface area contributed by atoms with E-state index in [9.17, 15) is 4.79 Å². The third kappa shape index (κ3) is 6.13. The van der Waals surface area contributed by atoms with Gasteiger partial charge in [-0.15, -0.1) is 10.2 Å². The van der Waals surface area contributed by atoms with Crippen molar-refractivity contribution in [2.45, 2.75) is 23.8 Å². The summed E-state index contributed by atoms with van der Waals surface area (Å²) >= 11 is 7.32. The number of halogens is 1. The van der Waals surface area contributed by atoms with Gasteiger partial charge in [0.2, 0.25) is 11.1 Å². The molecule has 1 amide bonds.